The third-order valence-corrected chi connectivity index (χ3v) is 4.59. The Hall–Kier alpha value is -0.120. The fourth-order valence-electron chi connectivity index (χ4n) is 3.51. The third kappa shape index (κ3) is 2.41. The molecule has 2 fully saturated rings. The highest BCUT2D eigenvalue weighted by Crippen LogP contribution is 2.30. The highest BCUT2D eigenvalue weighted by molar-refractivity contribution is 4.94. The molecule has 2 aliphatic rings. The molecule has 0 aromatic rings. The Labute approximate surface area is 100 Å². The van der Waals surface area contributed by atoms with E-state index >= 15 is 0 Å². The number of likely N-dealkylation sites (N-methyl/N-ethyl adjacent to an activating group) is 1. The highest BCUT2D eigenvalue weighted by atomic mass is 15.3. The Kier molecular flexibility index (Phi) is 3.88. The van der Waals surface area contributed by atoms with Gasteiger partial charge in [-0.05, 0) is 46.3 Å². The van der Waals surface area contributed by atoms with E-state index in [0.29, 0.717) is 0 Å². The second-order valence-corrected chi connectivity index (χ2v) is 5.91. The lowest BCUT2D eigenvalue weighted by Crippen LogP contribution is -2.37. The van der Waals surface area contributed by atoms with Crippen LogP contribution in [0.3, 0.4) is 0 Å². The summed E-state index contributed by atoms with van der Waals surface area (Å²) in [5.74, 6) is 0.823. The molecule has 3 nitrogen and oxygen atoms in total. The van der Waals surface area contributed by atoms with Gasteiger partial charge in [0.25, 0.3) is 0 Å². The molecule has 94 valence electrons. The van der Waals surface area contributed by atoms with E-state index in [4.69, 9.17) is 0 Å². The van der Waals surface area contributed by atoms with Gasteiger partial charge in [0.15, 0.2) is 0 Å². The number of likely N-dealkylation sites (tertiary alicyclic amines) is 1. The van der Waals surface area contributed by atoms with E-state index in [1.807, 2.05) is 0 Å². The second kappa shape index (κ2) is 5.03. The van der Waals surface area contributed by atoms with Crippen LogP contribution >= 0.6 is 0 Å². The summed E-state index contributed by atoms with van der Waals surface area (Å²) < 4.78 is 0. The first kappa shape index (κ1) is 12.3. The first-order chi connectivity index (χ1) is 7.61. The molecule has 0 radical (unpaired) electrons. The van der Waals surface area contributed by atoms with Crippen LogP contribution in [-0.4, -0.2) is 62.2 Å². The molecule has 1 saturated heterocycles. The molecule has 1 aliphatic carbocycles. The van der Waals surface area contributed by atoms with Crippen LogP contribution in [0, 0.1) is 5.92 Å². The van der Waals surface area contributed by atoms with Crippen molar-refractivity contribution in [2.24, 2.45) is 5.92 Å². The molecule has 1 saturated carbocycles. The van der Waals surface area contributed by atoms with Crippen molar-refractivity contribution in [3.8, 4) is 0 Å². The maximum atomic E-state index is 3.43. The van der Waals surface area contributed by atoms with E-state index in [0.717, 1.165) is 24.0 Å². The third-order valence-electron chi connectivity index (χ3n) is 4.59. The SMILES string of the molecule is CNC1CCC(N2CC(C)C(N(C)C)C2)C1. The van der Waals surface area contributed by atoms with Gasteiger partial charge in [0.1, 0.15) is 0 Å². The Balaban J connectivity index is 1.88. The fourth-order valence-corrected chi connectivity index (χ4v) is 3.51. The number of hydrogen-bond donors (Lipinski definition) is 1. The lowest BCUT2D eigenvalue weighted by molar-refractivity contribution is 0.215. The lowest BCUT2D eigenvalue weighted by atomic mass is 10.1. The fraction of sp³-hybridized carbons (Fsp3) is 1.00. The van der Waals surface area contributed by atoms with Gasteiger partial charge in [0, 0.05) is 31.2 Å². The zero-order valence-electron chi connectivity index (χ0n) is 11.2. The smallest absolute Gasteiger partial charge is 0.0254 e. The quantitative estimate of drug-likeness (QED) is 0.773. The molecule has 2 rings (SSSR count). The normalized spacial score (nSPS) is 41.1. The minimum Gasteiger partial charge on any atom is -0.317 e. The molecular weight excluding hydrogens is 198 g/mol. The van der Waals surface area contributed by atoms with Gasteiger partial charge in [-0.2, -0.15) is 0 Å². The highest BCUT2D eigenvalue weighted by Gasteiger charge is 2.37. The van der Waals surface area contributed by atoms with Crippen molar-refractivity contribution in [3.63, 3.8) is 0 Å². The zero-order valence-corrected chi connectivity index (χ0v) is 11.2. The molecule has 3 heteroatoms. The van der Waals surface area contributed by atoms with Crippen LogP contribution in [-0.2, 0) is 0 Å². The van der Waals surface area contributed by atoms with Crippen LogP contribution < -0.4 is 5.32 Å². The maximum Gasteiger partial charge on any atom is 0.0254 e. The average Bonchev–Trinajstić information content (AvgIpc) is 2.83. The Bertz CT molecular complexity index is 229. The van der Waals surface area contributed by atoms with Gasteiger partial charge in [-0.3, -0.25) is 4.90 Å². The first-order valence-electron chi connectivity index (χ1n) is 6.69. The standard InChI is InChI=1S/C13H27N3/c1-10-8-16(9-13(10)15(3)4)12-6-5-11(7-12)14-2/h10-14H,5-9H2,1-4H3. The predicted molar refractivity (Wildman–Crippen MR) is 68.7 cm³/mol. The topological polar surface area (TPSA) is 18.5 Å². The summed E-state index contributed by atoms with van der Waals surface area (Å²) in [4.78, 5) is 5.13. The molecule has 4 unspecified atom stereocenters. The number of hydrogen-bond acceptors (Lipinski definition) is 3. The summed E-state index contributed by atoms with van der Waals surface area (Å²) in [5, 5.41) is 3.43. The molecule has 0 amide bonds. The van der Waals surface area contributed by atoms with Crippen LogP contribution in [0.1, 0.15) is 26.2 Å². The summed E-state index contributed by atoms with van der Waals surface area (Å²) in [6.07, 6.45) is 4.10. The van der Waals surface area contributed by atoms with E-state index in [2.05, 4.69) is 43.2 Å². The molecule has 1 N–H and O–H groups in total. The van der Waals surface area contributed by atoms with Gasteiger partial charge in [-0.15, -0.1) is 0 Å². The van der Waals surface area contributed by atoms with E-state index in [9.17, 15) is 0 Å². The second-order valence-electron chi connectivity index (χ2n) is 5.91. The molecule has 0 bridgehead atoms. The summed E-state index contributed by atoms with van der Waals surface area (Å²) in [7, 11) is 6.54. The van der Waals surface area contributed by atoms with Gasteiger partial charge in [-0.25, -0.2) is 0 Å². The van der Waals surface area contributed by atoms with Crippen molar-refractivity contribution in [3.05, 3.63) is 0 Å². The molecular formula is C13H27N3. The van der Waals surface area contributed by atoms with E-state index in [1.165, 1.54) is 32.4 Å². The summed E-state index contributed by atoms with van der Waals surface area (Å²) in [6.45, 7) is 4.97. The predicted octanol–water partition coefficient (Wildman–Crippen LogP) is 1.01. The maximum absolute atomic E-state index is 3.43. The molecule has 0 spiro atoms. The van der Waals surface area contributed by atoms with Gasteiger partial charge >= 0.3 is 0 Å². The first-order valence-corrected chi connectivity index (χ1v) is 6.69. The van der Waals surface area contributed by atoms with Crippen molar-refractivity contribution in [1.82, 2.24) is 15.1 Å². The lowest BCUT2D eigenvalue weighted by Gasteiger charge is -2.25. The molecule has 0 aromatic carbocycles. The van der Waals surface area contributed by atoms with E-state index in [-0.39, 0.29) is 0 Å². The van der Waals surface area contributed by atoms with E-state index in [1.54, 1.807) is 0 Å². The molecule has 16 heavy (non-hydrogen) atoms. The number of nitrogens with one attached hydrogen (secondary N) is 1. The van der Waals surface area contributed by atoms with Crippen molar-refractivity contribution >= 4 is 0 Å². The Morgan fingerprint density at radius 3 is 2.44 bits per heavy atom. The zero-order chi connectivity index (χ0) is 11.7. The Morgan fingerprint density at radius 2 is 1.94 bits per heavy atom. The minimum absolute atomic E-state index is 0.758. The monoisotopic (exact) mass is 225 g/mol. The van der Waals surface area contributed by atoms with Crippen LogP contribution in [0.4, 0.5) is 0 Å². The summed E-state index contributed by atoms with van der Waals surface area (Å²) in [5.41, 5.74) is 0. The molecule has 1 aliphatic heterocycles. The minimum atomic E-state index is 0.758. The van der Waals surface area contributed by atoms with Crippen LogP contribution in [0.5, 0.6) is 0 Å². The summed E-state index contributed by atoms with van der Waals surface area (Å²) >= 11 is 0. The Morgan fingerprint density at radius 1 is 1.19 bits per heavy atom. The molecule has 0 aromatic heterocycles. The number of rotatable bonds is 3. The van der Waals surface area contributed by atoms with Crippen molar-refractivity contribution in [2.75, 3.05) is 34.2 Å². The van der Waals surface area contributed by atoms with Gasteiger partial charge in [0.2, 0.25) is 0 Å². The van der Waals surface area contributed by atoms with Gasteiger partial charge in [0.05, 0.1) is 0 Å². The van der Waals surface area contributed by atoms with Crippen molar-refractivity contribution < 1.29 is 0 Å². The van der Waals surface area contributed by atoms with E-state index < -0.39 is 0 Å². The molecule has 1 heterocycles. The van der Waals surface area contributed by atoms with Crippen molar-refractivity contribution in [1.29, 1.82) is 0 Å². The van der Waals surface area contributed by atoms with Crippen LogP contribution in [0.2, 0.25) is 0 Å². The number of nitrogens with zero attached hydrogens (tertiary/aromatic N) is 2. The average molecular weight is 225 g/mol. The molecule has 4 atom stereocenters. The largest absolute Gasteiger partial charge is 0.317 e. The summed E-state index contributed by atoms with van der Waals surface area (Å²) in [6, 6.07) is 2.36. The van der Waals surface area contributed by atoms with Gasteiger partial charge in [-0.1, -0.05) is 6.92 Å². The van der Waals surface area contributed by atoms with Crippen molar-refractivity contribution in [2.45, 2.75) is 44.3 Å². The van der Waals surface area contributed by atoms with Crippen LogP contribution in [0.15, 0.2) is 0 Å². The van der Waals surface area contributed by atoms with Gasteiger partial charge < -0.3 is 10.2 Å². The van der Waals surface area contributed by atoms with Crippen LogP contribution in [0.25, 0.3) is 0 Å².